The maximum absolute atomic E-state index is 11.3. The van der Waals surface area contributed by atoms with Crippen LogP contribution in [0.2, 0.25) is 0 Å². The minimum Gasteiger partial charge on any atom is -0.472 e. The molecule has 0 bridgehead atoms. The van der Waals surface area contributed by atoms with Crippen molar-refractivity contribution in [3.8, 4) is 0 Å². The van der Waals surface area contributed by atoms with Crippen LogP contribution in [0.25, 0.3) is 0 Å². The number of aldehydes is 1. The van der Waals surface area contributed by atoms with Crippen molar-refractivity contribution in [3.63, 3.8) is 0 Å². The summed E-state index contributed by atoms with van der Waals surface area (Å²) in [5.41, 5.74) is 0.292. The van der Waals surface area contributed by atoms with E-state index >= 15 is 0 Å². The summed E-state index contributed by atoms with van der Waals surface area (Å²) < 4.78 is 21.4. The summed E-state index contributed by atoms with van der Waals surface area (Å²) >= 11 is 0. The molecule has 114 valence electrons. The van der Waals surface area contributed by atoms with Crippen LogP contribution in [0, 0.1) is 5.41 Å². The Kier molecular flexibility index (Phi) is 6.75. The minimum absolute atomic E-state index is 0.120. The van der Waals surface area contributed by atoms with Crippen LogP contribution in [0.5, 0.6) is 0 Å². The maximum Gasteiger partial charge on any atom is 0.189 e. The van der Waals surface area contributed by atoms with Crippen molar-refractivity contribution >= 4 is 6.29 Å². The quantitative estimate of drug-likeness (QED) is 0.370. The molecule has 0 heterocycles. The Bertz CT molecular complexity index is 382. The van der Waals surface area contributed by atoms with Crippen molar-refractivity contribution in [1.82, 2.24) is 0 Å². The van der Waals surface area contributed by atoms with E-state index in [0.717, 1.165) is 12.0 Å². The van der Waals surface area contributed by atoms with Gasteiger partial charge in [0.2, 0.25) is 0 Å². The molecule has 0 aromatic heterocycles. The molecule has 5 nitrogen and oxygen atoms in total. The van der Waals surface area contributed by atoms with Crippen LogP contribution >= 0.6 is 0 Å². The van der Waals surface area contributed by atoms with Crippen LogP contribution in [-0.4, -0.2) is 33.1 Å². The number of allylic oxidation sites excluding steroid dienone is 3. The van der Waals surface area contributed by atoms with Crippen LogP contribution in [-0.2, 0) is 23.7 Å². The van der Waals surface area contributed by atoms with Crippen molar-refractivity contribution in [2.24, 2.45) is 5.41 Å². The molecule has 0 N–H and O–H groups in total. The fraction of sp³-hybridized carbons (Fsp3) is 0.667. The second kappa shape index (κ2) is 8.07. The van der Waals surface area contributed by atoms with Gasteiger partial charge in [0.1, 0.15) is 17.8 Å². The second-order valence-electron chi connectivity index (χ2n) is 5.08. The van der Waals surface area contributed by atoms with Crippen molar-refractivity contribution < 1.29 is 23.7 Å². The third kappa shape index (κ3) is 4.65. The Morgan fingerprint density at radius 1 is 1.15 bits per heavy atom. The molecule has 1 rings (SSSR count). The normalized spacial score (nSPS) is 17.7. The summed E-state index contributed by atoms with van der Waals surface area (Å²) in [6.45, 7) is 9.24. The summed E-state index contributed by atoms with van der Waals surface area (Å²) in [7, 11) is 0. The Balaban J connectivity index is 2.84. The zero-order chi connectivity index (χ0) is 15.0. The molecular weight excluding hydrogens is 260 g/mol. The maximum atomic E-state index is 11.3. The first-order valence-corrected chi connectivity index (χ1v) is 6.86. The predicted octanol–water partition coefficient (Wildman–Crippen LogP) is 2.77. The zero-order valence-corrected chi connectivity index (χ0v) is 12.7. The molecule has 0 aromatic rings. The molecule has 0 aromatic carbocycles. The van der Waals surface area contributed by atoms with E-state index in [1.807, 2.05) is 27.7 Å². The second-order valence-corrected chi connectivity index (χ2v) is 5.08. The van der Waals surface area contributed by atoms with Crippen molar-refractivity contribution in [3.05, 3.63) is 23.2 Å². The summed E-state index contributed by atoms with van der Waals surface area (Å²) in [5.74, 6) is 1.26. The number of rotatable bonds is 9. The predicted molar refractivity (Wildman–Crippen MR) is 74.7 cm³/mol. The van der Waals surface area contributed by atoms with Crippen LogP contribution in [0.15, 0.2) is 23.2 Å². The molecular formula is C15H24O5. The topological polar surface area (TPSA) is 54.0 Å². The average Bonchev–Trinajstić information content (AvgIpc) is 2.38. The van der Waals surface area contributed by atoms with E-state index in [1.54, 1.807) is 6.08 Å². The highest BCUT2D eigenvalue weighted by atomic mass is 16.7. The van der Waals surface area contributed by atoms with E-state index in [1.165, 1.54) is 0 Å². The first kappa shape index (κ1) is 16.7. The number of ether oxygens (including phenoxy) is 4. The Morgan fingerprint density at radius 2 is 1.75 bits per heavy atom. The van der Waals surface area contributed by atoms with E-state index in [4.69, 9.17) is 18.9 Å². The fourth-order valence-electron chi connectivity index (χ4n) is 1.96. The van der Waals surface area contributed by atoms with Gasteiger partial charge in [0.25, 0.3) is 0 Å². The highest BCUT2D eigenvalue weighted by Crippen LogP contribution is 2.39. The number of carbonyl (C=O) groups excluding carboxylic acids is 1. The van der Waals surface area contributed by atoms with Gasteiger partial charge in [0.05, 0.1) is 0 Å². The van der Waals surface area contributed by atoms with E-state index in [9.17, 15) is 4.79 Å². The lowest BCUT2D eigenvalue weighted by molar-refractivity contribution is -0.106. The summed E-state index contributed by atoms with van der Waals surface area (Å²) in [4.78, 5) is 11.3. The summed E-state index contributed by atoms with van der Waals surface area (Å²) in [6.07, 6.45) is 3.22. The molecule has 0 spiro atoms. The van der Waals surface area contributed by atoms with E-state index < -0.39 is 0 Å². The van der Waals surface area contributed by atoms with E-state index in [0.29, 0.717) is 31.0 Å². The Labute approximate surface area is 120 Å². The van der Waals surface area contributed by atoms with Gasteiger partial charge in [-0.3, -0.25) is 4.79 Å². The molecule has 0 radical (unpaired) electrons. The van der Waals surface area contributed by atoms with Gasteiger partial charge in [-0.05, 0) is 13.8 Å². The Morgan fingerprint density at radius 3 is 2.30 bits per heavy atom. The van der Waals surface area contributed by atoms with Gasteiger partial charge in [-0.15, -0.1) is 0 Å². The molecule has 0 amide bonds. The minimum atomic E-state index is -0.334. The molecule has 0 aliphatic heterocycles. The Hall–Kier alpha value is -1.33. The van der Waals surface area contributed by atoms with E-state index in [-0.39, 0.29) is 19.0 Å². The third-order valence-corrected chi connectivity index (χ3v) is 3.05. The van der Waals surface area contributed by atoms with Gasteiger partial charge in [-0.1, -0.05) is 13.8 Å². The van der Waals surface area contributed by atoms with Crippen LogP contribution in [0.4, 0.5) is 0 Å². The highest BCUT2D eigenvalue weighted by molar-refractivity contribution is 5.77. The molecule has 0 unspecified atom stereocenters. The largest absolute Gasteiger partial charge is 0.472 e. The molecule has 0 fully saturated rings. The summed E-state index contributed by atoms with van der Waals surface area (Å²) in [6, 6.07) is 0. The molecule has 0 atom stereocenters. The number of hydrogen-bond acceptors (Lipinski definition) is 5. The molecule has 0 saturated heterocycles. The van der Waals surface area contributed by atoms with Gasteiger partial charge in [-0.2, -0.15) is 0 Å². The van der Waals surface area contributed by atoms with Crippen LogP contribution in [0.1, 0.15) is 34.1 Å². The van der Waals surface area contributed by atoms with Gasteiger partial charge >= 0.3 is 0 Å². The van der Waals surface area contributed by atoms with Gasteiger partial charge in [0, 0.05) is 36.7 Å². The SMILES string of the molecule is CCOCOC1=CC(OCOCC)=C(C=O)C(C)(C)C1. The summed E-state index contributed by atoms with van der Waals surface area (Å²) in [5, 5.41) is 0. The molecule has 1 aliphatic rings. The van der Waals surface area contributed by atoms with Crippen LogP contribution < -0.4 is 0 Å². The van der Waals surface area contributed by atoms with E-state index in [2.05, 4.69) is 0 Å². The van der Waals surface area contributed by atoms with Crippen molar-refractivity contribution in [1.29, 1.82) is 0 Å². The molecule has 0 saturated carbocycles. The molecule has 1 aliphatic carbocycles. The zero-order valence-electron chi connectivity index (χ0n) is 12.7. The highest BCUT2D eigenvalue weighted by Gasteiger charge is 2.32. The smallest absolute Gasteiger partial charge is 0.189 e. The van der Waals surface area contributed by atoms with Gasteiger partial charge in [-0.25, -0.2) is 0 Å². The molecule has 20 heavy (non-hydrogen) atoms. The first-order valence-electron chi connectivity index (χ1n) is 6.86. The van der Waals surface area contributed by atoms with Crippen LogP contribution in [0.3, 0.4) is 0 Å². The lowest BCUT2D eigenvalue weighted by Crippen LogP contribution is -2.24. The monoisotopic (exact) mass is 284 g/mol. The first-order chi connectivity index (χ1) is 9.55. The average molecular weight is 284 g/mol. The standard InChI is InChI=1S/C15H24O5/c1-5-17-10-19-12-7-14(20-11-18-6-2)13(9-16)15(3,4)8-12/h7,9H,5-6,8,10-11H2,1-4H3. The fourth-order valence-corrected chi connectivity index (χ4v) is 1.96. The molecule has 5 heteroatoms. The van der Waals surface area contributed by atoms with Crippen molar-refractivity contribution in [2.45, 2.75) is 34.1 Å². The van der Waals surface area contributed by atoms with Crippen molar-refractivity contribution in [2.75, 3.05) is 26.8 Å². The lowest BCUT2D eigenvalue weighted by atomic mass is 9.77. The van der Waals surface area contributed by atoms with Gasteiger partial charge in [0.15, 0.2) is 13.6 Å². The number of hydrogen-bond donors (Lipinski definition) is 0. The lowest BCUT2D eigenvalue weighted by Gasteiger charge is -2.31. The third-order valence-electron chi connectivity index (χ3n) is 3.05. The van der Waals surface area contributed by atoms with Gasteiger partial charge < -0.3 is 18.9 Å². The number of carbonyl (C=O) groups is 1.